The fraction of sp³-hybridized carbons (Fsp3) is 0.120. The lowest BCUT2D eigenvalue weighted by molar-refractivity contribution is 0.869. The van der Waals surface area contributed by atoms with Crippen LogP contribution in [0.5, 0.6) is 0 Å². The van der Waals surface area contributed by atoms with E-state index in [-0.39, 0.29) is 0 Å². The van der Waals surface area contributed by atoms with Crippen molar-refractivity contribution >= 4 is 27.8 Å². The van der Waals surface area contributed by atoms with E-state index in [0.29, 0.717) is 5.92 Å². The zero-order chi connectivity index (χ0) is 17.9. The quantitative estimate of drug-likeness (QED) is 0.374. The molecule has 4 aromatic rings. The molecule has 0 atom stereocenters. The van der Waals surface area contributed by atoms with E-state index in [1.165, 1.54) is 22.0 Å². The molecule has 0 heterocycles. The first-order valence-corrected chi connectivity index (χ1v) is 9.16. The van der Waals surface area contributed by atoms with Crippen LogP contribution in [0.15, 0.2) is 97.1 Å². The number of anilines is 3. The molecule has 0 saturated carbocycles. The van der Waals surface area contributed by atoms with Gasteiger partial charge in [-0.25, -0.2) is 0 Å². The fourth-order valence-corrected chi connectivity index (χ4v) is 3.35. The number of nitrogens with zero attached hydrogens (tertiary/aromatic N) is 1. The van der Waals surface area contributed by atoms with Gasteiger partial charge in [-0.15, -0.1) is 0 Å². The second-order valence-electron chi connectivity index (χ2n) is 6.95. The molecule has 0 aliphatic heterocycles. The average Bonchev–Trinajstić information content (AvgIpc) is 2.69. The summed E-state index contributed by atoms with van der Waals surface area (Å²) in [6.45, 7) is 4.48. The highest BCUT2D eigenvalue weighted by molar-refractivity contribution is 5.89. The van der Waals surface area contributed by atoms with Gasteiger partial charge in [0.2, 0.25) is 0 Å². The first kappa shape index (κ1) is 16.4. The van der Waals surface area contributed by atoms with Gasteiger partial charge < -0.3 is 4.90 Å². The topological polar surface area (TPSA) is 3.24 Å². The summed E-state index contributed by atoms with van der Waals surface area (Å²) in [7, 11) is 0. The summed E-state index contributed by atoms with van der Waals surface area (Å²) in [5, 5.41) is 2.56. The third-order valence-electron chi connectivity index (χ3n) is 4.80. The van der Waals surface area contributed by atoms with Crippen LogP contribution in [-0.4, -0.2) is 0 Å². The van der Waals surface area contributed by atoms with Crippen LogP contribution >= 0.6 is 0 Å². The lowest BCUT2D eigenvalue weighted by Gasteiger charge is -2.25. The minimum absolute atomic E-state index is 0.546. The van der Waals surface area contributed by atoms with Gasteiger partial charge in [0, 0.05) is 17.1 Å². The van der Waals surface area contributed by atoms with E-state index in [4.69, 9.17) is 0 Å². The Balaban J connectivity index is 1.84. The van der Waals surface area contributed by atoms with Gasteiger partial charge in [0.1, 0.15) is 0 Å². The van der Waals surface area contributed by atoms with Gasteiger partial charge in [0.15, 0.2) is 0 Å². The number of benzene rings is 4. The highest BCUT2D eigenvalue weighted by atomic mass is 15.1. The molecule has 0 aliphatic carbocycles. The second kappa shape index (κ2) is 7.05. The van der Waals surface area contributed by atoms with E-state index >= 15 is 0 Å². The van der Waals surface area contributed by atoms with Crippen molar-refractivity contribution in [1.82, 2.24) is 0 Å². The summed E-state index contributed by atoms with van der Waals surface area (Å²) >= 11 is 0. The van der Waals surface area contributed by atoms with Crippen LogP contribution in [0.4, 0.5) is 17.1 Å². The third-order valence-corrected chi connectivity index (χ3v) is 4.80. The number of hydrogen-bond donors (Lipinski definition) is 0. The predicted molar refractivity (Wildman–Crippen MR) is 113 cm³/mol. The summed E-state index contributed by atoms with van der Waals surface area (Å²) in [6.07, 6.45) is 0. The maximum atomic E-state index is 2.30. The summed E-state index contributed by atoms with van der Waals surface area (Å²) in [5.41, 5.74) is 4.88. The summed E-state index contributed by atoms with van der Waals surface area (Å²) in [5.74, 6) is 0.546. The molecule has 0 amide bonds. The van der Waals surface area contributed by atoms with Crippen molar-refractivity contribution < 1.29 is 0 Å². The average molecular weight is 337 g/mol. The Morgan fingerprint density at radius 2 is 1.08 bits per heavy atom. The number of fused-ring (bicyclic) bond motifs is 1. The van der Waals surface area contributed by atoms with E-state index < -0.39 is 0 Å². The lowest BCUT2D eigenvalue weighted by atomic mass is 9.99. The molecule has 1 heteroatoms. The Labute approximate surface area is 155 Å². The molecule has 1 nitrogen and oxygen atoms in total. The minimum Gasteiger partial charge on any atom is -0.310 e. The van der Waals surface area contributed by atoms with Gasteiger partial charge in [0.25, 0.3) is 0 Å². The van der Waals surface area contributed by atoms with Gasteiger partial charge in [-0.05, 0) is 58.7 Å². The highest BCUT2D eigenvalue weighted by Gasteiger charge is 2.12. The Kier molecular flexibility index (Phi) is 4.45. The van der Waals surface area contributed by atoms with Crippen LogP contribution in [0.2, 0.25) is 0 Å². The van der Waals surface area contributed by atoms with Crippen molar-refractivity contribution in [2.75, 3.05) is 4.90 Å². The Bertz CT molecular complexity index is 964. The van der Waals surface area contributed by atoms with Gasteiger partial charge in [0.05, 0.1) is 0 Å². The molecule has 0 N–H and O–H groups in total. The normalized spacial score (nSPS) is 11.0. The zero-order valence-electron chi connectivity index (χ0n) is 15.3. The molecule has 0 aromatic heterocycles. The molecular formula is C25H23N. The molecule has 0 spiro atoms. The summed E-state index contributed by atoms with van der Waals surface area (Å²) < 4.78 is 0. The first-order chi connectivity index (χ1) is 12.7. The third kappa shape index (κ3) is 3.21. The van der Waals surface area contributed by atoms with Crippen molar-refractivity contribution in [3.05, 3.63) is 103 Å². The van der Waals surface area contributed by atoms with Crippen LogP contribution in [0.3, 0.4) is 0 Å². The van der Waals surface area contributed by atoms with Crippen LogP contribution in [0.1, 0.15) is 25.3 Å². The first-order valence-electron chi connectivity index (χ1n) is 9.16. The molecule has 0 saturated heterocycles. The number of hydrogen-bond acceptors (Lipinski definition) is 1. The summed E-state index contributed by atoms with van der Waals surface area (Å²) in [4.78, 5) is 2.30. The number of para-hydroxylation sites is 2. The van der Waals surface area contributed by atoms with E-state index in [1.54, 1.807) is 0 Å². The molecule has 26 heavy (non-hydrogen) atoms. The highest BCUT2D eigenvalue weighted by Crippen LogP contribution is 2.36. The van der Waals surface area contributed by atoms with Crippen LogP contribution in [0, 0.1) is 0 Å². The van der Waals surface area contributed by atoms with Crippen molar-refractivity contribution in [3.63, 3.8) is 0 Å². The largest absolute Gasteiger partial charge is 0.310 e. The van der Waals surface area contributed by atoms with E-state index in [0.717, 1.165) is 11.4 Å². The van der Waals surface area contributed by atoms with Crippen LogP contribution in [-0.2, 0) is 0 Å². The van der Waals surface area contributed by atoms with Crippen molar-refractivity contribution in [2.24, 2.45) is 0 Å². The molecule has 0 unspecified atom stereocenters. The fourth-order valence-electron chi connectivity index (χ4n) is 3.35. The van der Waals surface area contributed by atoms with Gasteiger partial charge in [-0.1, -0.05) is 74.5 Å². The predicted octanol–water partition coefficient (Wildman–Crippen LogP) is 7.43. The van der Waals surface area contributed by atoms with Crippen molar-refractivity contribution in [3.8, 4) is 0 Å². The zero-order valence-corrected chi connectivity index (χ0v) is 15.3. The maximum absolute atomic E-state index is 2.30. The lowest BCUT2D eigenvalue weighted by Crippen LogP contribution is -2.09. The monoisotopic (exact) mass is 337 g/mol. The van der Waals surface area contributed by atoms with Crippen molar-refractivity contribution in [2.45, 2.75) is 19.8 Å². The van der Waals surface area contributed by atoms with Gasteiger partial charge in [-0.2, -0.15) is 0 Å². The second-order valence-corrected chi connectivity index (χ2v) is 6.95. The molecule has 0 radical (unpaired) electrons. The Hall–Kier alpha value is -3.06. The Morgan fingerprint density at radius 1 is 0.538 bits per heavy atom. The van der Waals surface area contributed by atoms with Gasteiger partial charge in [-0.3, -0.25) is 0 Å². The molecule has 0 aliphatic rings. The van der Waals surface area contributed by atoms with E-state index in [2.05, 4.69) is 116 Å². The molecule has 128 valence electrons. The standard InChI is InChI=1S/C25H23N/c1-19(2)20-13-14-22-18-25(16-15-21(22)17-20)26(23-9-5-3-6-10-23)24-11-7-4-8-12-24/h3-19H,1-2H3. The maximum Gasteiger partial charge on any atom is 0.0468 e. The number of rotatable bonds is 4. The van der Waals surface area contributed by atoms with Crippen LogP contribution < -0.4 is 4.90 Å². The molecule has 0 bridgehead atoms. The van der Waals surface area contributed by atoms with Crippen molar-refractivity contribution in [1.29, 1.82) is 0 Å². The van der Waals surface area contributed by atoms with Gasteiger partial charge >= 0.3 is 0 Å². The van der Waals surface area contributed by atoms with Crippen LogP contribution in [0.25, 0.3) is 10.8 Å². The SMILES string of the molecule is CC(C)c1ccc2cc(N(c3ccccc3)c3ccccc3)ccc2c1. The molecule has 4 rings (SSSR count). The molecule has 0 fully saturated rings. The molecule has 4 aromatic carbocycles. The van der Waals surface area contributed by atoms with E-state index in [9.17, 15) is 0 Å². The molecular weight excluding hydrogens is 314 g/mol. The van der Waals surface area contributed by atoms with E-state index in [1.807, 2.05) is 0 Å². The smallest absolute Gasteiger partial charge is 0.0468 e. The Morgan fingerprint density at radius 3 is 1.65 bits per heavy atom. The minimum atomic E-state index is 0.546. The summed E-state index contributed by atoms with van der Waals surface area (Å²) in [6, 6.07) is 34.6.